The Hall–Kier alpha value is -3.57. The van der Waals surface area contributed by atoms with Gasteiger partial charge in [0.15, 0.2) is 11.6 Å². The smallest absolute Gasteiger partial charge is 0.408 e. The topological polar surface area (TPSA) is 151 Å². The van der Waals surface area contributed by atoms with E-state index < -0.39 is 41.4 Å². The summed E-state index contributed by atoms with van der Waals surface area (Å²) in [5, 5.41) is 15.2. The third-order valence-corrected chi connectivity index (χ3v) is 5.68. The van der Waals surface area contributed by atoms with E-state index in [4.69, 9.17) is 16.3 Å². The van der Waals surface area contributed by atoms with Gasteiger partial charge in [0, 0.05) is 37.7 Å². The molecule has 0 radical (unpaired) electrons. The van der Waals surface area contributed by atoms with Crippen molar-refractivity contribution in [3.63, 3.8) is 0 Å². The molecule has 2 amide bonds. The van der Waals surface area contributed by atoms with Crippen LogP contribution >= 0.6 is 11.6 Å². The number of nitrogens with one attached hydrogen (secondary N) is 2. The molecule has 0 aliphatic carbocycles. The molecule has 0 saturated carbocycles. The van der Waals surface area contributed by atoms with Crippen molar-refractivity contribution in [2.24, 2.45) is 0 Å². The molecule has 11 nitrogen and oxygen atoms in total. The van der Waals surface area contributed by atoms with E-state index in [0.717, 1.165) is 4.90 Å². The largest absolute Gasteiger partial charge is 0.465 e. The van der Waals surface area contributed by atoms with Crippen LogP contribution in [0.5, 0.6) is 0 Å². The maximum atomic E-state index is 13.5. The molecule has 2 atom stereocenters. The van der Waals surface area contributed by atoms with Gasteiger partial charge in [0.1, 0.15) is 22.5 Å². The maximum Gasteiger partial charge on any atom is 0.408 e. The molecule has 198 valence electrons. The number of amides is 2. The first-order chi connectivity index (χ1) is 17.4. The second-order valence-electron chi connectivity index (χ2n) is 9.51. The van der Waals surface area contributed by atoms with Gasteiger partial charge in [0.25, 0.3) is 5.91 Å². The fraction of sp³-hybridized carbons (Fsp3) is 0.440. The monoisotopic (exact) mass is 531 g/mol. The summed E-state index contributed by atoms with van der Waals surface area (Å²) in [7, 11) is 0. The van der Waals surface area contributed by atoms with Gasteiger partial charge in [0.05, 0.1) is 6.04 Å². The van der Waals surface area contributed by atoms with Crippen molar-refractivity contribution in [3.05, 3.63) is 47.2 Å². The van der Waals surface area contributed by atoms with Crippen molar-refractivity contribution in [1.29, 1.82) is 0 Å². The van der Waals surface area contributed by atoms with Gasteiger partial charge in [-0.15, -0.1) is 0 Å². The molecule has 1 aromatic heterocycles. The average molecular weight is 532 g/mol. The van der Waals surface area contributed by atoms with Crippen LogP contribution in [0.2, 0.25) is 5.15 Å². The lowest BCUT2D eigenvalue weighted by Crippen LogP contribution is -2.60. The Balaban J connectivity index is 1.85. The predicted molar refractivity (Wildman–Crippen MR) is 135 cm³/mol. The lowest BCUT2D eigenvalue weighted by molar-refractivity contribution is -0.155. The Bertz CT molecular complexity index is 1150. The number of carboxylic acid groups (broad SMARTS) is 1. The second-order valence-corrected chi connectivity index (χ2v) is 9.90. The molecule has 0 spiro atoms. The minimum Gasteiger partial charge on any atom is -0.465 e. The number of hydrogen-bond acceptors (Lipinski definition) is 8. The Morgan fingerprint density at radius 2 is 1.92 bits per heavy atom. The molecule has 3 rings (SSSR count). The predicted octanol–water partition coefficient (Wildman–Crippen LogP) is 2.54. The van der Waals surface area contributed by atoms with Gasteiger partial charge in [-0.2, -0.15) is 0 Å². The summed E-state index contributed by atoms with van der Waals surface area (Å²) in [4.78, 5) is 60.2. The van der Waals surface area contributed by atoms with E-state index in [1.165, 1.54) is 6.07 Å². The number of aromatic nitrogens is 2. The number of Topliss-reactive ketones (excluding diaryl/α,β-unsaturated/α-hetero) is 1. The number of carbonyl (C=O) groups excluding carboxylic acids is 3. The van der Waals surface area contributed by atoms with E-state index in [-0.39, 0.29) is 42.6 Å². The van der Waals surface area contributed by atoms with Crippen LogP contribution in [0, 0.1) is 0 Å². The minimum atomic E-state index is -1.24. The summed E-state index contributed by atoms with van der Waals surface area (Å²) in [5.74, 6) is -1.58. The van der Waals surface area contributed by atoms with E-state index in [1.54, 1.807) is 45.0 Å². The third-order valence-electron chi connectivity index (χ3n) is 5.48. The fourth-order valence-corrected chi connectivity index (χ4v) is 4.03. The molecule has 12 heteroatoms. The Morgan fingerprint density at radius 1 is 1.22 bits per heavy atom. The molecular formula is C25H30ClN5O6. The SMILES string of the molecule is CC(C)(C)OC(=O)CC[C@H](NC(=O)c1cc(Cl)nc(-c2ccccc2)n1)C(=O)C1CNCCN1C(=O)O. The first kappa shape index (κ1) is 28.0. The zero-order valence-electron chi connectivity index (χ0n) is 20.9. The van der Waals surface area contributed by atoms with Gasteiger partial charge < -0.3 is 20.5 Å². The Labute approximate surface area is 219 Å². The first-order valence-electron chi connectivity index (χ1n) is 11.8. The van der Waals surface area contributed by atoms with E-state index in [9.17, 15) is 24.3 Å². The van der Waals surface area contributed by atoms with Crippen LogP contribution in [-0.2, 0) is 14.3 Å². The van der Waals surface area contributed by atoms with Gasteiger partial charge in [-0.25, -0.2) is 14.8 Å². The van der Waals surface area contributed by atoms with E-state index in [2.05, 4.69) is 20.6 Å². The van der Waals surface area contributed by atoms with Gasteiger partial charge in [-0.1, -0.05) is 41.9 Å². The number of piperazine rings is 1. The van der Waals surface area contributed by atoms with E-state index >= 15 is 0 Å². The van der Waals surface area contributed by atoms with Crippen LogP contribution in [-0.4, -0.2) is 81.0 Å². The highest BCUT2D eigenvalue weighted by Crippen LogP contribution is 2.19. The van der Waals surface area contributed by atoms with Gasteiger partial charge in [0.2, 0.25) is 0 Å². The molecule has 0 bridgehead atoms. The van der Waals surface area contributed by atoms with Crippen molar-refractivity contribution < 1.29 is 29.0 Å². The number of rotatable bonds is 8. The minimum absolute atomic E-state index is 0.0316. The number of carbonyl (C=O) groups is 4. The van der Waals surface area contributed by atoms with Crippen molar-refractivity contribution >= 4 is 35.4 Å². The molecule has 37 heavy (non-hydrogen) atoms. The summed E-state index contributed by atoms with van der Waals surface area (Å²) in [6, 6.07) is 7.97. The van der Waals surface area contributed by atoms with Crippen molar-refractivity contribution in [3.8, 4) is 11.4 Å². The third kappa shape index (κ3) is 7.96. The van der Waals surface area contributed by atoms with Gasteiger partial charge in [-0.3, -0.25) is 19.3 Å². The molecule has 2 aromatic rings. The van der Waals surface area contributed by atoms with Crippen LogP contribution in [0.3, 0.4) is 0 Å². The number of hydrogen-bond donors (Lipinski definition) is 3. The highest BCUT2D eigenvalue weighted by molar-refractivity contribution is 6.29. The summed E-state index contributed by atoms with van der Waals surface area (Å²) < 4.78 is 5.32. The number of ether oxygens (including phenoxy) is 1. The van der Waals surface area contributed by atoms with Crippen LogP contribution in [0.1, 0.15) is 44.1 Å². The number of nitrogens with zero attached hydrogens (tertiary/aromatic N) is 3. The second kappa shape index (κ2) is 12.1. The summed E-state index contributed by atoms with van der Waals surface area (Å²) in [6.07, 6.45) is -1.50. The number of ketones is 1. The van der Waals surface area contributed by atoms with Gasteiger partial charge >= 0.3 is 12.1 Å². The zero-order valence-corrected chi connectivity index (χ0v) is 21.6. The van der Waals surface area contributed by atoms with Crippen molar-refractivity contribution in [2.75, 3.05) is 19.6 Å². The molecule has 1 aliphatic heterocycles. The highest BCUT2D eigenvalue weighted by atomic mass is 35.5. The average Bonchev–Trinajstić information content (AvgIpc) is 2.85. The molecule has 1 fully saturated rings. The number of halogens is 1. The van der Waals surface area contributed by atoms with Crippen LogP contribution < -0.4 is 10.6 Å². The lowest BCUT2D eigenvalue weighted by Gasteiger charge is -2.35. The van der Waals surface area contributed by atoms with E-state index in [0.29, 0.717) is 12.1 Å². The zero-order chi connectivity index (χ0) is 27.2. The standard InChI is InChI=1S/C25H30ClN5O6/c1-25(2,3)37-20(32)10-9-16(21(33)18-14-27-11-12-31(18)24(35)36)29-23(34)17-13-19(26)30-22(28-17)15-7-5-4-6-8-15/h4-8,13,16,18,27H,9-12,14H2,1-3H3,(H,29,34)(H,35,36)/t16-,18?/m0/s1. The molecular weight excluding hydrogens is 502 g/mol. The van der Waals surface area contributed by atoms with Crippen LogP contribution in [0.4, 0.5) is 4.79 Å². The molecule has 1 unspecified atom stereocenters. The van der Waals surface area contributed by atoms with Crippen LogP contribution in [0.15, 0.2) is 36.4 Å². The molecule has 2 heterocycles. The molecule has 3 N–H and O–H groups in total. The quantitative estimate of drug-likeness (QED) is 0.344. The highest BCUT2D eigenvalue weighted by Gasteiger charge is 2.37. The van der Waals surface area contributed by atoms with Crippen molar-refractivity contribution in [1.82, 2.24) is 25.5 Å². The van der Waals surface area contributed by atoms with Crippen LogP contribution in [0.25, 0.3) is 11.4 Å². The Kier molecular flexibility index (Phi) is 9.17. The molecule has 1 aromatic carbocycles. The molecule has 1 saturated heterocycles. The maximum absolute atomic E-state index is 13.5. The normalized spacial score (nSPS) is 16.5. The van der Waals surface area contributed by atoms with Crippen molar-refractivity contribution in [2.45, 2.75) is 51.3 Å². The first-order valence-corrected chi connectivity index (χ1v) is 12.2. The summed E-state index contributed by atoms with van der Waals surface area (Å²) in [5.41, 5.74) is -0.161. The van der Waals surface area contributed by atoms with Gasteiger partial charge in [-0.05, 0) is 27.2 Å². The lowest BCUT2D eigenvalue weighted by atomic mass is 9.98. The Morgan fingerprint density at radius 3 is 2.57 bits per heavy atom. The summed E-state index contributed by atoms with van der Waals surface area (Å²) in [6.45, 7) is 5.75. The number of esters is 1. The number of benzene rings is 1. The fourth-order valence-electron chi connectivity index (χ4n) is 3.84. The summed E-state index contributed by atoms with van der Waals surface area (Å²) >= 11 is 6.14. The molecule has 1 aliphatic rings. The van der Waals surface area contributed by atoms with E-state index in [1.807, 2.05) is 6.07 Å².